The van der Waals surface area contributed by atoms with Crippen LogP contribution in [0.4, 0.5) is 10.5 Å². The SMILES string of the molecule is CC12CC(NC(=O)N1c1cccc(C(=O)NCc3ccccc3)c1)c1cccc(OCc3ccccc3)c1O2. The van der Waals surface area contributed by atoms with E-state index >= 15 is 0 Å². The second-order valence-corrected chi connectivity index (χ2v) is 9.99. The van der Waals surface area contributed by atoms with E-state index in [-0.39, 0.29) is 18.0 Å². The normalized spacial score (nSPS) is 19.4. The Morgan fingerprint density at radius 1 is 0.974 bits per heavy atom. The molecule has 6 rings (SSSR count). The molecule has 4 aromatic rings. The molecular weight excluding hydrogens is 490 g/mol. The number of benzene rings is 4. The number of nitrogens with zero attached hydrogens (tertiary/aromatic N) is 1. The lowest BCUT2D eigenvalue weighted by Gasteiger charge is -2.50. The van der Waals surface area contributed by atoms with Gasteiger partial charge >= 0.3 is 6.03 Å². The molecule has 1 saturated heterocycles. The number of rotatable bonds is 7. The van der Waals surface area contributed by atoms with E-state index in [1.807, 2.05) is 91.9 Å². The highest BCUT2D eigenvalue weighted by Gasteiger charge is 2.50. The minimum Gasteiger partial charge on any atom is -0.485 e. The van der Waals surface area contributed by atoms with Crippen LogP contribution in [-0.4, -0.2) is 17.7 Å². The fourth-order valence-electron chi connectivity index (χ4n) is 5.27. The molecule has 0 radical (unpaired) electrons. The molecule has 4 aromatic carbocycles. The van der Waals surface area contributed by atoms with Crippen LogP contribution in [0.25, 0.3) is 0 Å². The minimum atomic E-state index is -0.981. The number of para-hydroxylation sites is 1. The van der Waals surface area contributed by atoms with Crippen LogP contribution in [0.1, 0.15) is 46.4 Å². The van der Waals surface area contributed by atoms with Gasteiger partial charge in [0.25, 0.3) is 5.91 Å². The maximum absolute atomic E-state index is 13.4. The van der Waals surface area contributed by atoms with E-state index in [0.29, 0.717) is 42.3 Å². The molecule has 2 aliphatic heterocycles. The van der Waals surface area contributed by atoms with Crippen LogP contribution >= 0.6 is 0 Å². The van der Waals surface area contributed by atoms with Gasteiger partial charge in [0.15, 0.2) is 17.2 Å². The maximum Gasteiger partial charge on any atom is 0.325 e. The second kappa shape index (κ2) is 10.2. The summed E-state index contributed by atoms with van der Waals surface area (Å²) in [6.07, 6.45) is 0.540. The number of carbonyl (C=O) groups excluding carboxylic acids is 2. The molecule has 2 bridgehead atoms. The largest absolute Gasteiger partial charge is 0.485 e. The summed E-state index contributed by atoms with van der Waals surface area (Å²) >= 11 is 0. The first-order valence-corrected chi connectivity index (χ1v) is 13.0. The van der Waals surface area contributed by atoms with Gasteiger partial charge in [0.1, 0.15) is 6.61 Å². The molecule has 2 atom stereocenters. The van der Waals surface area contributed by atoms with E-state index in [1.165, 1.54) is 0 Å². The predicted molar refractivity (Wildman–Crippen MR) is 149 cm³/mol. The molecule has 7 nitrogen and oxygen atoms in total. The van der Waals surface area contributed by atoms with Crippen molar-refractivity contribution in [3.05, 3.63) is 125 Å². The monoisotopic (exact) mass is 519 g/mol. The van der Waals surface area contributed by atoms with Crippen molar-refractivity contribution in [3.8, 4) is 11.5 Å². The van der Waals surface area contributed by atoms with Crippen molar-refractivity contribution >= 4 is 17.6 Å². The number of urea groups is 1. The Balaban J connectivity index is 1.25. The van der Waals surface area contributed by atoms with E-state index in [4.69, 9.17) is 9.47 Å². The van der Waals surface area contributed by atoms with Crippen molar-refractivity contribution in [2.75, 3.05) is 4.90 Å². The molecule has 0 aromatic heterocycles. The molecule has 2 aliphatic rings. The van der Waals surface area contributed by atoms with E-state index in [9.17, 15) is 9.59 Å². The molecule has 0 aliphatic carbocycles. The Kier molecular flexibility index (Phi) is 6.40. The fraction of sp³-hybridized carbons (Fsp3) is 0.188. The van der Waals surface area contributed by atoms with Gasteiger partial charge in [-0.05, 0) is 42.3 Å². The number of hydrogen-bond acceptors (Lipinski definition) is 4. The Bertz CT molecular complexity index is 1510. The molecule has 2 unspecified atom stereocenters. The number of carbonyl (C=O) groups is 2. The Labute approximate surface area is 227 Å². The van der Waals surface area contributed by atoms with Crippen molar-refractivity contribution < 1.29 is 19.1 Å². The third-order valence-corrected chi connectivity index (χ3v) is 7.16. The van der Waals surface area contributed by atoms with Crippen molar-refractivity contribution in [2.24, 2.45) is 0 Å². The number of fused-ring (bicyclic) bond motifs is 4. The predicted octanol–water partition coefficient (Wildman–Crippen LogP) is 5.97. The van der Waals surface area contributed by atoms with Crippen LogP contribution in [0.5, 0.6) is 11.5 Å². The Morgan fingerprint density at radius 2 is 1.69 bits per heavy atom. The third kappa shape index (κ3) is 4.91. The second-order valence-electron chi connectivity index (χ2n) is 9.99. The zero-order chi connectivity index (χ0) is 26.8. The summed E-state index contributed by atoms with van der Waals surface area (Å²) in [6.45, 7) is 2.72. The number of hydrogen-bond donors (Lipinski definition) is 2. The van der Waals surface area contributed by atoms with Crippen molar-refractivity contribution in [3.63, 3.8) is 0 Å². The zero-order valence-corrected chi connectivity index (χ0v) is 21.6. The standard InChI is InChI=1S/C32H29N3O4/c1-32-19-27(26-16-9-17-28(29(26)39-32)38-21-23-12-6-3-7-13-23)34-31(37)35(32)25-15-8-14-24(18-25)30(36)33-20-22-10-4-2-5-11-22/h2-18,27H,19-21H2,1H3,(H,33,36)(H,34,37). The number of nitrogens with one attached hydrogen (secondary N) is 2. The average molecular weight is 520 g/mol. The smallest absolute Gasteiger partial charge is 0.325 e. The van der Waals surface area contributed by atoms with Crippen LogP contribution in [0.3, 0.4) is 0 Å². The van der Waals surface area contributed by atoms with Gasteiger partial charge in [-0.25, -0.2) is 4.79 Å². The minimum absolute atomic E-state index is 0.215. The molecule has 2 heterocycles. The first kappa shape index (κ1) is 24.6. The van der Waals surface area contributed by atoms with Crippen molar-refractivity contribution in [2.45, 2.75) is 38.3 Å². The molecule has 0 saturated carbocycles. The molecule has 196 valence electrons. The van der Waals surface area contributed by atoms with Crippen molar-refractivity contribution in [1.82, 2.24) is 10.6 Å². The van der Waals surface area contributed by atoms with Gasteiger partial charge in [0, 0.05) is 24.1 Å². The number of ether oxygens (including phenoxy) is 2. The fourth-order valence-corrected chi connectivity index (χ4v) is 5.27. The van der Waals surface area contributed by atoms with E-state index in [1.54, 1.807) is 23.1 Å². The summed E-state index contributed by atoms with van der Waals surface area (Å²) in [4.78, 5) is 28.0. The van der Waals surface area contributed by atoms with Crippen LogP contribution in [0.2, 0.25) is 0 Å². The molecular formula is C32H29N3O4. The van der Waals surface area contributed by atoms with E-state index < -0.39 is 5.72 Å². The van der Waals surface area contributed by atoms with Gasteiger partial charge < -0.3 is 20.1 Å². The summed E-state index contributed by atoms with van der Waals surface area (Å²) in [5, 5.41) is 6.08. The highest BCUT2D eigenvalue weighted by Crippen LogP contribution is 2.49. The van der Waals surface area contributed by atoms with Gasteiger partial charge in [-0.1, -0.05) is 78.9 Å². The Morgan fingerprint density at radius 3 is 2.46 bits per heavy atom. The van der Waals surface area contributed by atoms with Gasteiger partial charge in [0.05, 0.1) is 11.7 Å². The van der Waals surface area contributed by atoms with Crippen LogP contribution in [0, 0.1) is 0 Å². The Hall–Kier alpha value is -4.78. The zero-order valence-electron chi connectivity index (χ0n) is 21.6. The third-order valence-electron chi connectivity index (χ3n) is 7.16. The maximum atomic E-state index is 13.4. The highest BCUT2D eigenvalue weighted by molar-refractivity contribution is 5.99. The quantitative estimate of drug-likeness (QED) is 0.316. The summed E-state index contributed by atoms with van der Waals surface area (Å²) in [5.74, 6) is 1.03. The topological polar surface area (TPSA) is 79.9 Å². The molecule has 39 heavy (non-hydrogen) atoms. The first-order valence-electron chi connectivity index (χ1n) is 13.0. The molecule has 7 heteroatoms. The average Bonchev–Trinajstić information content (AvgIpc) is 2.96. The van der Waals surface area contributed by atoms with Crippen molar-refractivity contribution in [1.29, 1.82) is 0 Å². The van der Waals surface area contributed by atoms with E-state index in [2.05, 4.69) is 10.6 Å². The van der Waals surface area contributed by atoms with Crippen LogP contribution in [-0.2, 0) is 13.2 Å². The molecule has 1 fully saturated rings. The first-order chi connectivity index (χ1) is 19.0. The van der Waals surface area contributed by atoms with Gasteiger partial charge in [-0.2, -0.15) is 0 Å². The van der Waals surface area contributed by atoms with Gasteiger partial charge in [-0.15, -0.1) is 0 Å². The highest BCUT2D eigenvalue weighted by atomic mass is 16.5. The lowest BCUT2D eigenvalue weighted by atomic mass is 9.89. The van der Waals surface area contributed by atoms with Gasteiger partial charge in [-0.3, -0.25) is 9.69 Å². The lowest BCUT2D eigenvalue weighted by molar-refractivity contribution is 0.0338. The van der Waals surface area contributed by atoms with Gasteiger partial charge in [0.2, 0.25) is 0 Å². The van der Waals surface area contributed by atoms with Crippen LogP contribution < -0.4 is 25.0 Å². The number of amides is 3. The summed E-state index contributed by atoms with van der Waals surface area (Å²) in [7, 11) is 0. The summed E-state index contributed by atoms with van der Waals surface area (Å²) in [5.41, 5.74) is 3.01. The number of anilines is 1. The molecule has 3 amide bonds. The lowest BCUT2D eigenvalue weighted by Crippen LogP contribution is -2.65. The molecule has 2 N–H and O–H groups in total. The molecule has 0 spiro atoms. The van der Waals surface area contributed by atoms with E-state index in [0.717, 1.165) is 16.7 Å². The summed E-state index contributed by atoms with van der Waals surface area (Å²) in [6, 6.07) is 32.0. The van der Waals surface area contributed by atoms with Crippen LogP contribution in [0.15, 0.2) is 103 Å². The summed E-state index contributed by atoms with van der Waals surface area (Å²) < 4.78 is 12.8.